The van der Waals surface area contributed by atoms with Crippen molar-refractivity contribution in [1.82, 2.24) is 0 Å². The minimum absolute atomic E-state index is 0.461. The molecule has 0 aliphatic rings. The van der Waals surface area contributed by atoms with E-state index in [0.717, 1.165) is 0 Å². The fourth-order valence-corrected chi connectivity index (χ4v) is 1.05. The first-order valence-electron chi connectivity index (χ1n) is 4.27. The third-order valence-corrected chi connectivity index (χ3v) is 2.22. The molecule has 4 nitrogen and oxygen atoms in total. The predicted octanol–water partition coefficient (Wildman–Crippen LogP) is 1.57. The van der Waals surface area contributed by atoms with Gasteiger partial charge < -0.3 is 15.2 Å². The lowest BCUT2D eigenvalue weighted by molar-refractivity contribution is -0.175. The highest BCUT2D eigenvalue weighted by Gasteiger charge is 2.33. The third kappa shape index (κ3) is 2.84. The van der Waals surface area contributed by atoms with E-state index in [9.17, 15) is 4.79 Å². The summed E-state index contributed by atoms with van der Waals surface area (Å²) in [5.74, 6) is -1.70. The van der Waals surface area contributed by atoms with Crippen LogP contribution in [0, 0.1) is 0 Å². The lowest BCUT2D eigenvalue weighted by atomic mass is 10.3. The summed E-state index contributed by atoms with van der Waals surface area (Å²) in [5, 5.41) is 0.584. The Kier molecular flexibility index (Phi) is 3.55. The molecule has 0 bridgehead atoms. The number of carbonyl (C=O) groups is 1. The van der Waals surface area contributed by atoms with Crippen LogP contribution in [0.15, 0.2) is 24.3 Å². The van der Waals surface area contributed by atoms with Crippen LogP contribution in [-0.2, 0) is 9.53 Å². The number of primary amides is 1. The molecule has 0 spiro atoms. The fourth-order valence-electron chi connectivity index (χ4n) is 0.920. The van der Waals surface area contributed by atoms with Gasteiger partial charge in [-0.3, -0.25) is 4.79 Å². The van der Waals surface area contributed by atoms with Gasteiger partial charge in [-0.15, -0.1) is 0 Å². The van der Waals surface area contributed by atoms with Crippen LogP contribution in [0.5, 0.6) is 5.75 Å². The van der Waals surface area contributed by atoms with Gasteiger partial charge in [0.05, 0.1) is 0 Å². The standard InChI is InChI=1S/C10H12ClNO3/c1-10(14-2,9(12)13)15-8-5-3-7(11)4-6-8/h3-6H,1-2H3,(H2,12,13). The average Bonchev–Trinajstić information content (AvgIpc) is 2.21. The molecule has 1 atom stereocenters. The molecule has 1 amide bonds. The number of amides is 1. The van der Waals surface area contributed by atoms with E-state index in [2.05, 4.69) is 0 Å². The second kappa shape index (κ2) is 4.51. The number of carbonyl (C=O) groups excluding carboxylic acids is 1. The van der Waals surface area contributed by atoms with Crippen LogP contribution in [0.1, 0.15) is 6.92 Å². The van der Waals surface area contributed by atoms with Crippen LogP contribution in [0.3, 0.4) is 0 Å². The first kappa shape index (κ1) is 11.8. The van der Waals surface area contributed by atoms with E-state index >= 15 is 0 Å². The summed E-state index contributed by atoms with van der Waals surface area (Å²) < 4.78 is 10.2. The minimum Gasteiger partial charge on any atom is -0.453 e. The average molecular weight is 230 g/mol. The number of rotatable bonds is 4. The van der Waals surface area contributed by atoms with Crippen molar-refractivity contribution in [1.29, 1.82) is 0 Å². The molecule has 5 heteroatoms. The number of hydrogen-bond acceptors (Lipinski definition) is 3. The van der Waals surface area contributed by atoms with Crippen molar-refractivity contribution in [3.63, 3.8) is 0 Å². The Morgan fingerprint density at radius 3 is 2.33 bits per heavy atom. The highest BCUT2D eigenvalue weighted by Crippen LogP contribution is 2.21. The Balaban J connectivity index is 2.84. The van der Waals surface area contributed by atoms with E-state index in [1.165, 1.54) is 14.0 Å². The normalized spacial score (nSPS) is 14.3. The summed E-state index contributed by atoms with van der Waals surface area (Å²) in [6.07, 6.45) is 0. The third-order valence-electron chi connectivity index (χ3n) is 1.96. The molecule has 0 fully saturated rings. The zero-order chi connectivity index (χ0) is 11.5. The van der Waals surface area contributed by atoms with Crippen LogP contribution in [0.4, 0.5) is 0 Å². The summed E-state index contributed by atoms with van der Waals surface area (Å²) in [5.41, 5.74) is 5.14. The zero-order valence-electron chi connectivity index (χ0n) is 8.49. The topological polar surface area (TPSA) is 61.6 Å². The summed E-state index contributed by atoms with van der Waals surface area (Å²) in [4.78, 5) is 11.1. The van der Waals surface area contributed by atoms with Crippen molar-refractivity contribution in [2.75, 3.05) is 7.11 Å². The zero-order valence-corrected chi connectivity index (χ0v) is 9.25. The molecular weight excluding hydrogens is 218 g/mol. The van der Waals surface area contributed by atoms with Crippen molar-refractivity contribution < 1.29 is 14.3 Å². The van der Waals surface area contributed by atoms with E-state index in [4.69, 9.17) is 26.8 Å². The molecule has 82 valence electrons. The van der Waals surface area contributed by atoms with Gasteiger partial charge in [-0.1, -0.05) is 11.6 Å². The van der Waals surface area contributed by atoms with Crippen LogP contribution in [0.2, 0.25) is 5.02 Å². The molecule has 0 saturated carbocycles. The Morgan fingerprint density at radius 2 is 1.93 bits per heavy atom. The predicted molar refractivity (Wildman–Crippen MR) is 56.7 cm³/mol. The van der Waals surface area contributed by atoms with Gasteiger partial charge in [0, 0.05) is 19.1 Å². The smallest absolute Gasteiger partial charge is 0.290 e. The minimum atomic E-state index is -1.46. The fraction of sp³-hybridized carbons (Fsp3) is 0.300. The van der Waals surface area contributed by atoms with Gasteiger partial charge in [0.2, 0.25) is 0 Å². The summed E-state index contributed by atoms with van der Waals surface area (Å²) >= 11 is 5.70. The van der Waals surface area contributed by atoms with E-state index in [0.29, 0.717) is 10.8 Å². The molecule has 0 aliphatic heterocycles. The molecule has 0 heterocycles. The molecule has 1 aromatic rings. The van der Waals surface area contributed by atoms with E-state index in [1.54, 1.807) is 24.3 Å². The van der Waals surface area contributed by atoms with Gasteiger partial charge >= 0.3 is 0 Å². The quantitative estimate of drug-likeness (QED) is 0.798. The number of nitrogens with two attached hydrogens (primary N) is 1. The summed E-state index contributed by atoms with van der Waals surface area (Å²) in [7, 11) is 1.35. The molecule has 0 saturated heterocycles. The molecule has 15 heavy (non-hydrogen) atoms. The summed E-state index contributed by atoms with van der Waals surface area (Å²) in [6, 6.07) is 6.55. The van der Waals surface area contributed by atoms with Crippen LogP contribution in [0.25, 0.3) is 0 Å². The van der Waals surface area contributed by atoms with Crippen molar-refractivity contribution in [2.24, 2.45) is 5.73 Å². The first-order chi connectivity index (χ1) is 6.98. The highest BCUT2D eigenvalue weighted by atomic mass is 35.5. The van der Waals surface area contributed by atoms with Crippen molar-refractivity contribution >= 4 is 17.5 Å². The molecule has 1 unspecified atom stereocenters. The Hall–Kier alpha value is -1.26. The molecule has 1 aromatic carbocycles. The number of halogens is 1. The van der Waals surface area contributed by atoms with Crippen LogP contribution >= 0.6 is 11.6 Å². The SMILES string of the molecule is COC(C)(Oc1ccc(Cl)cc1)C(N)=O. The maximum absolute atomic E-state index is 11.1. The van der Waals surface area contributed by atoms with Gasteiger partial charge in [0.25, 0.3) is 11.7 Å². The number of ether oxygens (including phenoxy) is 2. The maximum Gasteiger partial charge on any atom is 0.290 e. The molecule has 0 aliphatic carbocycles. The second-order valence-corrected chi connectivity index (χ2v) is 3.51. The van der Waals surface area contributed by atoms with Crippen molar-refractivity contribution in [3.05, 3.63) is 29.3 Å². The van der Waals surface area contributed by atoms with Crippen LogP contribution < -0.4 is 10.5 Å². The van der Waals surface area contributed by atoms with E-state index in [-0.39, 0.29) is 0 Å². The molecular formula is C10H12ClNO3. The van der Waals surface area contributed by atoms with Gasteiger partial charge in [-0.2, -0.15) is 0 Å². The van der Waals surface area contributed by atoms with Gasteiger partial charge in [0.1, 0.15) is 5.75 Å². The number of benzene rings is 1. The second-order valence-electron chi connectivity index (χ2n) is 3.07. The molecule has 0 aromatic heterocycles. The van der Waals surface area contributed by atoms with Gasteiger partial charge in [0.15, 0.2) is 0 Å². The first-order valence-corrected chi connectivity index (χ1v) is 4.65. The molecule has 0 radical (unpaired) electrons. The lowest BCUT2D eigenvalue weighted by Crippen LogP contribution is -2.47. The molecule has 1 rings (SSSR count). The van der Waals surface area contributed by atoms with Crippen LogP contribution in [-0.4, -0.2) is 18.8 Å². The Morgan fingerprint density at radius 1 is 1.40 bits per heavy atom. The largest absolute Gasteiger partial charge is 0.453 e. The monoisotopic (exact) mass is 229 g/mol. The van der Waals surface area contributed by atoms with Crippen molar-refractivity contribution in [2.45, 2.75) is 12.7 Å². The highest BCUT2D eigenvalue weighted by molar-refractivity contribution is 6.30. The lowest BCUT2D eigenvalue weighted by Gasteiger charge is -2.25. The number of hydrogen-bond donors (Lipinski definition) is 1. The number of methoxy groups -OCH3 is 1. The van der Waals surface area contributed by atoms with E-state index in [1.807, 2.05) is 0 Å². The van der Waals surface area contributed by atoms with Gasteiger partial charge in [-0.05, 0) is 24.3 Å². The van der Waals surface area contributed by atoms with Gasteiger partial charge in [-0.25, -0.2) is 0 Å². The van der Waals surface area contributed by atoms with Crippen molar-refractivity contribution in [3.8, 4) is 5.75 Å². The Labute approximate surface area is 92.9 Å². The maximum atomic E-state index is 11.1. The molecule has 2 N–H and O–H groups in total. The Bertz CT molecular complexity index is 352. The summed E-state index contributed by atoms with van der Waals surface area (Å²) in [6.45, 7) is 1.45. The van der Waals surface area contributed by atoms with E-state index < -0.39 is 11.7 Å².